The van der Waals surface area contributed by atoms with Gasteiger partial charge in [0, 0.05) is 11.3 Å². The first kappa shape index (κ1) is 23.3. The Morgan fingerprint density at radius 3 is 2.72 bits per heavy atom. The lowest BCUT2D eigenvalue weighted by molar-refractivity contribution is 0.0977. The van der Waals surface area contributed by atoms with E-state index in [9.17, 15) is 9.90 Å². The molecule has 0 saturated carbocycles. The maximum atomic E-state index is 12.6. The molecule has 7 nitrogen and oxygen atoms in total. The molecule has 0 atom stereocenters. The number of furan rings is 1. The standard InChI is InChI=1S/C24H26N2O5S/c1-3-4-12-30-18-7-5-6-16(13-18)23(28)26-24(32)25-17-8-10-21(29-2)20(14-17)22-11-9-19(15-27)31-22/h5-11,13-14,27H,3-4,12,15H2,1-2H3,(H2,25,26,28,32). The van der Waals surface area contributed by atoms with Crippen LogP contribution >= 0.6 is 12.2 Å². The molecule has 1 aromatic heterocycles. The number of benzene rings is 2. The van der Waals surface area contributed by atoms with E-state index in [-0.39, 0.29) is 17.6 Å². The molecule has 0 aliphatic carbocycles. The van der Waals surface area contributed by atoms with Gasteiger partial charge in [-0.15, -0.1) is 0 Å². The predicted octanol–water partition coefficient (Wildman–Crippen LogP) is 4.75. The van der Waals surface area contributed by atoms with Gasteiger partial charge in [-0.1, -0.05) is 19.4 Å². The molecule has 32 heavy (non-hydrogen) atoms. The summed E-state index contributed by atoms with van der Waals surface area (Å²) in [5.74, 6) is 1.90. The summed E-state index contributed by atoms with van der Waals surface area (Å²) in [7, 11) is 1.56. The van der Waals surface area contributed by atoms with Crippen LogP contribution in [0.25, 0.3) is 11.3 Å². The van der Waals surface area contributed by atoms with Crippen molar-refractivity contribution < 1.29 is 23.8 Å². The van der Waals surface area contributed by atoms with Gasteiger partial charge in [-0.05, 0) is 67.2 Å². The van der Waals surface area contributed by atoms with Crippen molar-refractivity contribution in [2.75, 3.05) is 19.0 Å². The van der Waals surface area contributed by atoms with Crippen LogP contribution in [0.5, 0.6) is 11.5 Å². The molecule has 0 aliphatic heterocycles. The predicted molar refractivity (Wildman–Crippen MR) is 127 cm³/mol. The fourth-order valence-corrected chi connectivity index (χ4v) is 3.20. The van der Waals surface area contributed by atoms with Crippen molar-refractivity contribution >= 4 is 28.9 Å². The van der Waals surface area contributed by atoms with E-state index in [1.54, 1.807) is 55.6 Å². The highest BCUT2D eigenvalue weighted by Gasteiger charge is 2.13. The number of hydrogen-bond acceptors (Lipinski definition) is 6. The van der Waals surface area contributed by atoms with Crippen LogP contribution in [0.4, 0.5) is 5.69 Å². The van der Waals surface area contributed by atoms with Crippen LogP contribution in [0.1, 0.15) is 35.9 Å². The van der Waals surface area contributed by atoms with E-state index in [0.29, 0.717) is 46.4 Å². The topological polar surface area (TPSA) is 93.0 Å². The van der Waals surface area contributed by atoms with Crippen molar-refractivity contribution in [2.24, 2.45) is 0 Å². The Morgan fingerprint density at radius 1 is 1.16 bits per heavy atom. The molecule has 1 heterocycles. The normalized spacial score (nSPS) is 10.5. The molecule has 0 unspecified atom stereocenters. The summed E-state index contributed by atoms with van der Waals surface area (Å²) >= 11 is 5.31. The molecule has 3 N–H and O–H groups in total. The zero-order chi connectivity index (χ0) is 22.9. The van der Waals surface area contributed by atoms with Gasteiger partial charge >= 0.3 is 0 Å². The van der Waals surface area contributed by atoms with Crippen molar-refractivity contribution in [2.45, 2.75) is 26.4 Å². The molecule has 0 radical (unpaired) electrons. The van der Waals surface area contributed by atoms with Crippen LogP contribution in [0, 0.1) is 0 Å². The van der Waals surface area contributed by atoms with Gasteiger partial charge in [0.25, 0.3) is 5.91 Å². The molecule has 1 amide bonds. The number of amides is 1. The van der Waals surface area contributed by atoms with E-state index >= 15 is 0 Å². The second-order valence-corrected chi connectivity index (χ2v) is 7.39. The minimum atomic E-state index is -0.337. The number of rotatable bonds is 9. The largest absolute Gasteiger partial charge is 0.496 e. The van der Waals surface area contributed by atoms with Crippen molar-refractivity contribution in [3.63, 3.8) is 0 Å². The number of aliphatic hydroxyl groups is 1. The molecule has 8 heteroatoms. The zero-order valence-corrected chi connectivity index (χ0v) is 18.8. The number of methoxy groups -OCH3 is 1. The number of ether oxygens (including phenoxy) is 2. The highest BCUT2D eigenvalue weighted by atomic mass is 32.1. The van der Waals surface area contributed by atoms with Gasteiger partial charge in [-0.25, -0.2) is 0 Å². The lowest BCUT2D eigenvalue weighted by Gasteiger charge is -2.13. The summed E-state index contributed by atoms with van der Waals surface area (Å²) in [6.07, 6.45) is 1.99. The lowest BCUT2D eigenvalue weighted by Crippen LogP contribution is -2.34. The Hall–Kier alpha value is -3.36. The summed E-state index contributed by atoms with van der Waals surface area (Å²) in [5.41, 5.74) is 1.78. The molecular formula is C24H26N2O5S. The summed E-state index contributed by atoms with van der Waals surface area (Å²) in [6, 6.07) is 15.8. The van der Waals surface area contributed by atoms with Crippen molar-refractivity contribution in [3.8, 4) is 22.8 Å². The van der Waals surface area contributed by atoms with Crippen molar-refractivity contribution in [1.82, 2.24) is 5.32 Å². The van der Waals surface area contributed by atoms with E-state index in [4.69, 9.17) is 26.1 Å². The van der Waals surface area contributed by atoms with Crippen LogP contribution in [0.3, 0.4) is 0 Å². The summed E-state index contributed by atoms with van der Waals surface area (Å²) in [5, 5.41) is 15.1. The van der Waals surface area contributed by atoms with E-state index < -0.39 is 0 Å². The van der Waals surface area contributed by atoms with Gasteiger partial charge in [0.1, 0.15) is 29.6 Å². The quantitative estimate of drug-likeness (QED) is 0.317. The first-order valence-electron chi connectivity index (χ1n) is 10.3. The van der Waals surface area contributed by atoms with Crippen LogP contribution in [-0.2, 0) is 6.61 Å². The monoisotopic (exact) mass is 454 g/mol. The number of carbonyl (C=O) groups is 1. The minimum absolute atomic E-state index is 0.152. The average molecular weight is 455 g/mol. The van der Waals surface area contributed by atoms with Crippen LogP contribution in [-0.4, -0.2) is 29.8 Å². The summed E-state index contributed by atoms with van der Waals surface area (Å²) in [6.45, 7) is 2.51. The molecule has 0 fully saturated rings. The van der Waals surface area contributed by atoms with E-state index in [0.717, 1.165) is 12.8 Å². The highest BCUT2D eigenvalue weighted by Crippen LogP contribution is 2.33. The van der Waals surface area contributed by atoms with Crippen LogP contribution in [0.2, 0.25) is 0 Å². The maximum Gasteiger partial charge on any atom is 0.257 e. The summed E-state index contributed by atoms with van der Waals surface area (Å²) < 4.78 is 16.7. The molecule has 168 valence electrons. The second kappa shape index (κ2) is 11.3. The van der Waals surface area contributed by atoms with Crippen molar-refractivity contribution in [3.05, 3.63) is 65.9 Å². The Morgan fingerprint density at radius 2 is 2.00 bits per heavy atom. The van der Waals surface area contributed by atoms with Crippen LogP contribution < -0.4 is 20.1 Å². The smallest absolute Gasteiger partial charge is 0.257 e. The Kier molecular flexibility index (Phi) is 8.24. The molecular weight excluding hydrogens is 428 g/mol. The first-order chi connectivity index (χ1) is 15.5. The molecule has 0 aliphatic rings. The third-order valence-corrected chi connectivity index (χ3v) is 4.83. The van der Waals surface area contributed by atoms with Gasteiger partial charge in [-0.2, -0.15) is 0 Å². The van der Waals surface area contributed by atoms with Gasteiger partial charge < -0.3 is 24.3 Å². The first-order valence-corrected chi connectivity index (χ1v) is 10.7. The highest BCUT2D eigenvalue weighted by molar-refractivity contribution is 7.80. The second-order valence-electron chi connectivity index (χ2n) is 6.98. The fourth-order valence-electron chi connectivity index (χ4n) is 2.99. The number of nitrogens with one attached hydrogen (secondary N) is 2. The van der Waals surface area contributed by atoms with E-state index in [1.807, 2.05) is 6.07 Å². The fraction of sp³-hybridized carbons (Fsp3) is 0.250. The number of hydrogen-bond donors (Lipinski definition) is 3. The Labute approximate surface area is 192 Å². The van der Waals surface area contributed by atoms with Gasteiger partial charge in [-0.3, -0.25) is 10.1 Å². The lowest BCUT2D eigenvalue weighted by atomic mass is 10.1. The molecule has 3 rings (SSSR count). The molecule has 0 spiro atoms. The van der Waals surface area contributed by atoms with E-state index in [1.165, 1.54) is 0 Å². The maximum absolute atomic E-state index is 12.6. The number of unbranched alkanes of at least 4 members (excludes halogenated alkanes) is 1. The minimum Gasteiger partial charge on any atom is -0.496 e. The van der Waals surface area contributed by atoms with Gasteiger partial charge in [0.15, 0.2) is 5.11 Å². The third kappa shape index (κ3) is 6.09. The average Bonchev–Trinajstić information content (AvgIpc) is 3.28. The summed E-state index contributed by atoms with van der Waals surface area (Å²) in [4.78, 5) is 12.6. The number of thiocarbonyl (C=S) groups is 1. The third-order valence-electron chi connectivity index (χ3n) is 4.63. The van der Waals surface area contributed by atoms with Gasteiger partial charge in [0.05, 0.1) is 19.3 Å². The Bertz CT molecular complexity index is 1080. The number of aliphatic hydroxyl groups excluding tert-OH is 1. The SMILES string of the molecule is CCCCOc1cccc(C(=O)NC(=S)Nc2ccc(OC)c(-c3ccc(CO)o3)c2)c1. The molecule has 2 aromatic carbocycles. The van der Waals surface area contributed by atoms with Gasteiger partial charge in [0.2, 0.25) is 0 Å². The number of anilines is 1. The van der Waals surface area contributed by atoms with Crippen molar-refractivity contribution in [1.29, 1.82) is 0 Å². The Balaban J connectivity index is 1.67. The molecule has 3 aromatic rings. The zero-order valence-electron chi connectivity index (χ0n) is 18.0. The van der Waals surface area contributed by atoms with E-state index in [2.05, 4.69) is 17.6 Å². The van der Waals surface area contributed by atoms with Crippen LogP contribution in [0.15, 0.2) is 59.0 Å². The number of carbonyl (C=O) groups excluding carboxylic acids is 1. The molecule has 0 bridgehead atoms. The molecule has 0 saturated heterocycles.